The Bertz CT molecular complexity index is 748. The van der Waals surface area contributed by atoms with Crippen LogP contribution in [-0.2, 0) is 0 Å². The van der Waals surface area contributed by atoms with E-state index in [1.807, 2.05) is 24.3 Å². The number of hydrogen-bond acceptors (Lipinski definition) is 4. The minimum Gasteiger partial charge on any atom is -0.497 e. The van der Waals surface area contributed by atoms with Crippen LogP contribution in [0.15, 0.2) is 36.5 Å². The molecular formula is C14H12ClN3O2. The highest BCUT2D eigenvalue weighted by Gasteiger charge is 2.10. The van der Waals surface area contributed by atoms with Crippen LogP contribution in [0.1, 0.15) is 0 Å². The molecular weight excluding hydrogens is 278 g/mol. The van der Waals surface area contributed by atoms with Crippen molar-refractivity contribution in [3.8, 4) is 22.8 Å². The predicted octanol–water partition coefficient (Wildman–Crippen LogP) is 3.07. The highest BCUT2D eigenvalue weighted by atomic mass is 35.5. The molecule has 3 rings (SSSR count). The first-order valence-corrected chi connectivity index (χ1v) is 6.33. The number of benzene rings is 1. The molecule has 102 valence electrons. The van der Waals surface area contributed by atoms with Crippen LogP contribution in [0.4, 0.5) is 0 Å². The number of hydrogen-bond donors (Lipinski definition) is 0. The Morgan fingerprint density at radius 3 is 2.40 bits per heavy atom. The van der Waals surface area contributed by atoms with Crippen molar-refractivity contribution >= 4 is 17.2 Å². The van der Waals surface area contributed by atoms with Crippen molar-refractivity contribution in [2.24, 2.45) is 0 Å². The van der Waals surface area contributed by atoms with Crippen molar-refractivity contribution in [1.29, 1.82) is 0 Å². The van der Waals surface area contributed by atoms with E-state index in [0.717, 1.165) is 16.9 Å². The molecule has 0 amide bonds. The van der Waals surface area contributed by atoms with Crippen molar-refractivity contribution in [2.75, 3.05) is 14.2 Å². The van der Waals surface area contributed by atoms with E-state index in [1.165, 1.54) is 0 Å². The second-order valence-corrected chi connectivity index (χ2v) is 4.56. The monoisotopic (exact) mass is 289 g/mol. The third kappa shape index (κ3) is 2.16. The van der Waals surface area contributed by atoms with Gasteiger partial charge in [-0.3, -0.25) is 0 Å². The van der Waals surface area contributed by atoms with Gasteiger partial charge in [-0.2, -0.15) is 5.10 Å². The standard InChI is InChI=1S/C14H12ClN3O2/c1-19-10-5-9(6-11(7-10)20-2)12-8-16-14-4-3-13(15)17-18(12)14/h3-8H,1-2H3. The van der Waals surface area contributed by atoms with Crippen molar-refractivity contribution in [3.05, 3.63) is 41.7 Å². The van der Waals surface area contributed by atoms with E-state index in [-0.39, 0.29) is 0 Å². The normalized spacial score (nSPS) is 10.8. The summed E-state index contributed by atoms with van der Waals surface area (Å²) in [6.45, 7) is 0. The van der Waals surface area contributed by atoms with Gasteiger partial charge in [0.05, 0.1) is 26.1 Å². The lowest BCUT2D eigenvalue weighted by molar-refractivity contribution is 0.394. The SMILES string of the molecule is COc1cc(OC)cc(-c2cnc3ccc(Cl)nn23)c1. The number of nitrogens with zero attached hydrogens (tertiary/aromatic N) is 3. The number of rotatable bonds is 3. The molecule has 0 atom stereocenters. The zero-order valence-corrected chi connectivity index (χ0v) is 11.8. The third-order valence-electron chi connectivity index (χ3n) is 2.98. The van der Waals surface area contributed by atoms with Gasteiger partial charge in [0.2, 0.25) is 0 Å². The number of methoxy groups -OCH3 is 2. The smallest absolute Gasteiger partial charge is 0.154 e. The molecule has 20 heavy (non-hydrogen) atoms. The zero-order chi connectivity index (χ0) is 14.1. The molecule has 1 aromatic carbocycles. The van der Waals surface area contributed by atoms with Gasteiger partial charge in [0, 0.05) is 11.6 Å². The number of aromatic nitrogens is 3. The zero-order valence-electron chi connectivity index (χ0n) is 11.0. The van der Waals surface area contributed by atoms with Crippen LogP contribution in [0.25, 0.3) is 16.9 Å². The second kappa shape index (κ2) is 5.02. The summed E-state index contributed by atoms with van der Waals surface area (Å²) < 4.78 is 12.2. The molecule has 6 heteroatoms. The maximum Gasteiger partial charge on any atom is 0.154 e. The molecule has 2 heterocycles. The lowest BCUT2D eigenvalue weighted by atomic mass is 10.1. The van der Waals surface area contributed by atoms with Crippen LogP contribution in [0.3, 0.4) is 0 Å². The summed E-state index contributed by atoms with van der Waals surface area (Å²) in [7, 11) is 3.23. The molecule has 0 N–H and O–H groups in total. The maximum atomic E-state index is 5.94. The van der Waals surface area contributed by atoms with Gasteiger partial charge in [-0.05, 0) is 24.3 Å². The Kier molecular flexibility index (Phi) is 3.20. The highest BCUT2D eigenvalue weighted by molar-refractivity contribution is 6.29. The fourth-order valence-corrected chi connectivity index (χ4v) is 2.14. The van der Waals surface area contributed by atoms with E-state index in [2.05, 4.69) is 10.1 Å². The van der Waals surface area contributed by atoms with Gasteiger partial charge in [-0.1, -0.05) is 11.6 Å². The molecule has 0 bridgehead atoms. The summed E-state index contributed by atoms with van der Waals surface area (Å²) in [5.41, 5.74) is 2.44. The second-order valence-electron chi connectivity index (χ2n) is 4.17. The van der Waals surface area contributed by atoms with Gasteiger partial charge in [0.25, 0.3) is 0 Å². The van der Waals surface area contributed by atoms with E-state index in [4.69, 9.17) is 21.1 Å². The Morgan fingerprint density at radius 1 is 1.05 bits per heavy atom. The largest absolute Gasteiger partial charge is 0.497 e. The van der Waals surface area contributed by atoms with E-state index >= 15 is 0 Å². The number of fused-ring (bicyclic) bond motifs is 1. The summed E-state index contributed by atoms with van der Waals surface area (Å²) in [5.74, 6) is 1.41. The molecule has 0 aliphatic rings. The topological polar surface area (TPSA) is 48.7 Å². The van der Waals surface area contributed by atoms with Crippen LogP contribution in [0, 0.1) is 0 Å². The Hall–Kier alpha value is -2.27. The first-order valence-electron chi connectivity index (χ1n) is 5.95. The van der Waals surface area contributed by atoms with Gasteiger partial charge in [-0.25, -0.2) is 9.50 Å². The molecule has 0 spiro atoms. The maximum absolute atomic E-state index is 5.94. The first kappa shape index (κ1) is 12.7. The van der Waals surface area contributed by atoms with E-state index in [1.54, 1.807) is 31.0 Å². The summed E-state index contributed by atoms with van der Waals surface area (Å²) in [6.07, 6.45) is 1.74. The summed E-state index contributed by atoms with van der Waals surface area (Å²) in [4.78, 5) is 4.31. The van der Waals surface area contributed by atoms with Crippen molar-refractivity contribution in [2.45, 2.75) is 0 Å². The fourth-order valence-electron chi connectivity index (χ4n) is 2.00. The molecule has 5 nitrogen and oxygen atoms in total. The molecule has 0 unspecified atom stereocenters. The predicted molar refractivity (Wildman–Crippen MR) is 76.5 cm³/mol. The molecule has 0 saturated carbocycles. The summed E-state index contributed by atoms with van der Waals surface area (Å²) in [5, 5.41) is 4.67. The van der Waals surface area contributed by atoms with Gasteiger partial charge in [0.1, 0.15) is 16.7 Å². The average molecular weight is 290 g/mol. The quantitative estimate of drug-likeness (QED) is 0.743. The van der Waals surface area contributed by atoms with Gasteiger partial charge in [-0.15, -0.1) is 0 Å². The fraction of sp³-hybridized carbons (Fsp3) is 0.143. The molecule has 0 radical (unpaired) electrons. The van der Waals surface area contributed by atoms with Crippen LogP contribution >= 0.6 is 11.6 Å². The number of ether oxygens (including phenoxy) is 2. The third-order valence-corrected chi connectivity index (χ3v) is 3.18. The molecule has 0 fully saturated rings. The lowest BCUT2D eigenvalue weighted by Crippen LogP contribution is -1.95. The number of halogens is 1. The van der Waals surface area contributed by atoms with Crippen LogP contribution in [-0.4, -0.2) is 28.8 Å². The van der Waals surface area contributed by atoms with Crippen molar-refractivity contribution in [1.82, 2.24) is 14.6 Å². The lowest BCUT2D eigenvalue weighted by Gasteiger charge is -2.08. The van der Waals surface area contributed by atoms with Crippen molar-refractivity contribution in [3.63, 3.8) is 0 Å². The summed E-state index contributed by atoms with van der Waals surface area (Å²) in [6, 6.07) is 9.13. The van der Waals surface area contributed by atoms with Gasteiger partial charge in [0.15, 0.2) is 5.65 Å². The van der Waals surface area contributed by atoms with Crippen LogP contribution in [0.5, 0.6) is 11.5 Å². The Labute approximate surface area is 120 Å². The van der Waals surface area contributed by atoms with Crippen LogP contribution in [0.2, 0.25) is 5.15 Å². The number of imidazole rings is 1. The Morgan fingerprint density at radius 2 is 1.75 bits per heavy atom. The highest BCUT2D eigenvalue weighted by Crippen LogP contribution is 2.30. The molecule has 3 aromatic rings. The minimum atomic E-state index is 0.409. The van der Waals surface area contributed by atoms with E-state index < -0.39 is 0 Å². The van der Waals surface area contributed by atoms with Gasteiger partial charge < -0.3 is 9.47 Å². The van der Waals surface area contributed by atoms with Crippen molar-refractivity contribution < 1.29 is 9.47 Å². The van der Waals surface area contributed by atoms with Gasteiger partial charge >= 0.3 is 0 Å². The van der Waals surface area contributed by atoms with E-state index in [9.17, 15) is 0 Å². The van der Waals surface area contributed by atoms with Crippen LogP contribution < -0.4 is 9.47 Å². The Balaban J connectivity index is 2.22. The molecule has 2 aromatic heterocycles. The minimum absolute atomic E-state index is 0.409. The first-order chi connectivity index (χ1) is 9.71. The average Bonchev–Trinajstić information content (AvgIpc) is 2.89. The summed E-state index contributed by atoms with van der Waals surface area (Å²) >= 11 is 5.94. The molecule has 0 aliphatic heterocycles. The van der Waals surface area contributed by atoms with E-state index in [0.29, 0.717) is 16.7 Å². The molecule has 0 aliphatic carbocycles. The molecule has 0 saturated heterocycles.